The molecule has 0 aromatic rings. The van der Waals surface area contributed by atoms with Gasteiger partial charge in [-0.05, 0) is 20.3 Å². The summed E-state index contributed by atoms with van der Waals surface area (Å²) < 4.78 is 10.1. The second-order valence-electron chi connectivity index (χ2n) is 2.69. The van der Waals surface area contributed by atoms with Gasteiger partial charge in [-0.2, -0.15) is 0 Å². The summed E-state index contributed by atoms with van der Waals surface area (Å²) in [6, 6.07) is 0. The maximum Gasteiger partial charge on any atom is 0.302 e. The fourth-order valence-electron chi connectivity index (χ4n) is 0.950. The molecule has 0 bridgehead atoms. The fourth-order valence-corrected chi connectivity index (χ4v) is 0.950. The summed E-state index contributed by atoms with van der Waals surface area (Å²) in [5.74, 6) is -1.53. The van der Waals surface area contributed by atoms with Crippen molar-refractivity contribution in [3.05, 3.63) is 12.2 Å². The number of aliphatic hydroxyl groups is 1. The molecule has 13 heavy (non-hydrogen) atoms. The van der Waals surface area contributed by atoms with Gasteiger partial charge in [-0.1, -0.05) is 19.4 Å². The second-order valence-corrected chi connectivity index (χ2v) is 2.69. The lowest BCUT2D eigenvalue weighted by atomic mass is 10.3. The van der Waals surface area contributed by atoms with Crippen molar-refractivity contribution in [1.29, 1.82) is 0 Å². The van der Waals surface area contributed by atoms with Gasteiger partial charge < -0.3 is 14.6 Å². The molecule has 0 fully saturated rings. The fraction of sp³-hybridized carbons (Fsp3) is 0.800. The molecule has 0 amide bonds. The largest absolute Gasteiger partial charge is 0.340 e. The van der Waals surface area contributed by atoms with Gasteiger partial charge in [0.15, 0.2) is 0 Å². The van der Waals surface area contributed by atoms with Crippen molar-refractivity contribution < 1.29 is 14.6 Å². The highest BCUT2D eigenvalue weighted by atomic mass is 16.8. The normalized spacial score (nSPS) is 12.6. The molecular formula is C10H20O3. The van der Waals surface area contributed by atoms with Crippen LogP contribution in [0.4, 0.5) is 0 Å². The third-order valence-corrected chi connectivity index (χ3v) is 1.49. The molecule has 0 heterocycles. The highest BCUT2D eigenvalue weighted by molar-refractivity contribution is 4.89. The lowest BCUT2D eigenvalue weighted by molar-refractivity contribution is -0.324. The topological polar surface area (TPSA) is 38.7 Å². The van der Waals surface area contributed by atoms with E-state index in [-0.39, 0.29) is 0 Å². The molecule has 0 unspecified atom stereocenters. The Morgan fingerprint density at radius 1 is 1.15 bits per heavy atom. The van der Waals surface area contributed by atoms with Crippen LogP contribution in [0.2, 0.25) is 0 Å². The summed E-state index contributed by atoms with van der Waals surface area (Å²) in [4.78, 5) is 0. The summed E-state index contributed by atoms with van der Waals surface area (Å²) in [7, 11) is 0. The van der Waals surface area contributed by atoms with E-state index in [9.17, 15) is 5.11 Å². The molecule has 0 radical (unpaired) electrons. The van der Waals surface area contributed by atoms with Crippen molar-refractivity contribution in [1.82, 2.24) is 0 Å². The van der Waals surface area contributed by atoms with Crippen molar-refractivity contribution >= 4 is 0 Å². The third-order valence-electron chi connectivity index (χ3n) is 1.49. The van der Waals surface area contributed by atoms with Gasteiger partial charge in [0.25, 0.3) is 0 Å². The Morgan fingerprint density at radius 2 is 1.69 bits per heavy atom. The van der Waals surface area contributed by atoms with Crippen LogP contribution in [0.5, 0.6) is 0 Å². The van der Waals surface area contributed by atoms with Crippen LogP contribution >= 0.6 is 0 Å². The van der Waals surface area contributed by atoms with Crippen LogP contribution in [0.15, 0.2) is 12.2 Å². The van der Waals surface area contributed by atoms with Crippen molar-refractivity contribution in [2.24, 2.45) is 0 Å². The van der Waals surface area contributed by atoms with E-state index >= 15 is 0 Å². The molecule has 0 spiro atoms. The van der Waals surface area contributed by atoms with Crippen LogP contribution in [0.25, 0.3) is 0 Å². The van der Waals surface area contributed by atoms with Gasteiger partial charge >= 0.3 is 5.97 Å². The summed E-state index contributed by atoms with van der Waals surface area (Å²) in [5, 5.41) is 9.71. The standard InChI is InChI=1S/C10H20O3/c1-4-7-8-9-10(11,12-5-2)13-6-3/h8-9,11H,4-7H2,1-3H3/b9-8+. The molecule has 1 N–H and O–H groups in total. The smallest absolute Gasteiger partial charge is 0.302 e. The number of hydrogen-bond donors (Lipinski definition) is 1. The number of unbranched alkanes of at least 4 members (excludes halogenated alkanes) is 1. The Labute approximate surface area is 80.4 Å². The van der Waals surface area contributed by atoms with Crippen LogP contribution in [0.1, 0.15) is 33.6 Å². The second kappa shape index (κ2) is 7.06. The minimum absolute atomic E-state index is 0.424. The lowest BCUT2D eigenvalue weighted by Crippen LogP contribution is -2.33. The molecule has 0 saturated heterocycles. The van der Waals surface area contributed by atoms with Crippen molar-refractivity contribution in [2.45, 2.75) is 39.6 Å². The lowest BCUT2D eigenvalue weighted by Gasteiger charge is -2.23. The first-order valence-corrected chi connectivity index (χ1v) is 4.86. The maximum absolute atomic E-state index is 9.71. The summed E-state index contributed by atoms with van der Waals surface area (Å²) in [6.45, 7) is 6.56. The van der Waals surface area contributed by atoms with Gasteiger partial charge in [0.2, 0.25) is 0 Å². The van der Waals surface area contributed by atoms with Crippen molar-refractivity contribution in [3.63, 3.8) is 0 Å². The number of allylic oxidation sites excluding steroid dienone is 1. The molecule has 0 atom stereocenters. The quantitative estimate of drug-likeness (QED) is 0.491. The van der Waals surface area contributed by atoms with E-state index in [0.717, 1.165) is 12.8 Å². The third kappa shape index (κ3) is 5.80. The Balaban J connectivity index is 4.05. The highest BCUT2D eigenvalue weighted by Gasteiger charge is 2.23. The molecule has 0 aliphatic carbocycles. The minimum atomic E-state index is -1.53. The van der Waals surface area contributed by atoms with Crippen molar-refractivity contribution in [3.8, 4) is 0 Å². The molecule has 0 aromatic heterocycles. The molecule has 0 aliphatic rings. The zero-order valence-electron chi connectivity index (χ0n) is 8.75. The van der Waals surface area contributed by atoms with Gasteiger partial charge in [-0.25, -0.2) is 0 Å². The van der Waals surface area contributed by atoms with Gasteiger partial charge in [0.1, 0.15) is 0 Å². The molecule has 3 heteroatoms. The molecule has 3 nitrogen and oxygen atoms in total. The summed E-state index contributed by atoms with van der Waals surface area (Å²) >= 11 is 0. The minimum Gasteiger partial charge on any atom is -0.340 e. The van der Waals surface area contributed by atoms with E-state index in [4.69, 9.17) is 9.47 Å². The molecule has 78 valence electrons. The van der Waals surface area contributed by atoms with Gasteiger partial charge in [0, 0.05) is 19.3 Å². The molecule has 0 rings (SSSR count). The Bertz CT molecular complexity index is 137. The number of ether oxygens (including phenoxy) is 2. The van der Waals surface area contributed by atoms with Crippen LogP contribution in [0, 0.1) is 0 Å². The maximum atomic E-state index is 9.71. The van der Waals surface area contributed by atoms with Gasteiger partial charge in [-0.15, -0.1) is 0 Å². The van der Waals surface area contributed by atoms with E-state index in [1.165, 1.54) is 0 Å². The van der Waals surface area contributed by atoms with E-state index in [0.29, 0.717) is 13.2 Å². The monoisotopic (exact) mass is 188 g/mol. The zero-order valence-corrected chi connectivity index (χ0v) is 8.75. The molecule has 0 aliphatic heterocycles. The van der Waals surface area contributed by atoms with Gasteiger partial charge in [-0.3, -0.25) is 0 Å². The summed E-state index contributed by atoms with van der Waals surface area (Å²) in [6.07, 6.45) is 5.39. The highest BCUT2D eigenvalue weighted by Crippen LogP contribution is 2.11. The Hall–Kier alpha value is -0.380. The van der Waals surface area contributed by atoms with Crippen LogP contribution in [0.3, 0.4) is 0 Å². The van der Waals surface area contributed by atoms with E-state index in [1.54, 1.807) is 6.08 Å². The van der Waals surface area contributed by atoms with Crippen LogP contribution in [-0.2, 0) is 9.47 Å². The molecule has 0 aromatic carbocycles. The number of rotatable bonds is 7. The Morgan fingerprint density at radius 3 is 2.08 bits per heavy atom. The predicted molar refractivity (Wildman–Crippen MR) is 52.2 cm³/mol. The first-order chi connectivity index (χ1) is 6.18. The van der Waals surface area contributed by atoms with Gasteiger partial charge in [0.05, 0.1) is 0 Å². The summed E-state index contributed by atoms with van der Waals surface area (Å²) in [5.41, 5.74) is 0. The van der Waals surface area contributed by atoms with E-state index in [2.05, 4.69) is 6.92 Å². The number of hydrogen-bond acceptors (Lipinski definition) is 3. The molecule has 0 saturated carbocycles. The van der Waals surface area contributed by atoms with Crippen molar-refractivity contribution in [2.75, 3.05) is 13.2 Å². The first kappa shape index (κ1) is 12.6. The van der Waals surface area contributed by atoms with E-state index < -0.39 is 5.97 Å². The average molecular weight is 188 g/mol. The van der Waals surface area contributed by atoms with E-state index in [1.807, 2.05) is 19.9 Å². The first-order valence-electron chi connectivity index (χ1n) is 4.86. The predicted octanol–water partition coefficient (Wildman–Crippen LogP) is 2.06. The molecular weight excluding hydrogens is 168 g/mol. The zero-order chi connectivity index (χ0) is 10.2. The SMILES string of the molecule is CCC/C=C/C(O)(OCC)OCC. The average Bonchev–Trinajstić information content (AvgIpc) is 2.05. The van der Waals surface area contributed by atoms with Crippen LogP contribution in [-0.4, -0.2) is 24.3 Å². The van der Waals surface area contributed by atoms with Crippen LogP contribution < -0.4 is 0 Å². The Kier molecular flexibility index (Phi) is 6.86.